The zero-order valence-electron chi connectivity index (χ0n) is 13.6. The number of ether oxygens (including phenoxy) is 1. The molecule has 0 aromatic heterocycles. The fourth-order valence-electron chi connectivity index (χ4n) is 2.05. The van der Waals surface area contributed by atoms with Gasteiger partial charge >= 0.3 is 0 Å². The van der Waals surface area contributed by atoms with Gasteiger partial charge in [0.25, 0.3) is 0 Å². The van der Waals surface area contributed by atoms with Crippen LogP contribution in [-0.2, 0) is 6.42 Å². The predicted octanol–water partition coefficient (Wildman–Crippen LogP) is 4.61. The Bertz CT molecular complexity index is 757. The van der Waals surface area contributed by atoms with Crippen molar-refractivity contribution in [3.8, 4) is 29.4 Å². The van der Waals surface area contributed by atoms with Crippen LogP contribution in [0.2, 0.25) is 0 Å². The summed E-state index contributed by atoms with van der Waals surface area (Å²) in [6, 6.07) is 16.1. The summed E-state index contributed by atoms with van der Waals surface area (Å²) in [5.41, 5.74) is 3.34. The van der Waals surface area contributed by atoms with Crippen molar-refractivity contribution in [2.45, 2.75) is 19.8 Å². The van der Waals surface area contributed by atoms with Crippen LogP contribution in [-0.4, -0.2) is 7.11 Å². The van der Waals surface area contributed by atoms with Crippen molar-refractivity contribution in [2.24, 2.45) is 0 Å². The summed E-state index contributed by atoms with van der Waals surface area (Å²) in [7, 11) is 1.65. The third-order valence-electron chi connectivity index (χ3n) is 3.27. The van der Waals surface area contributed by atoms with E-state index >= 15 is 0 Å². The van der Waals surface area contributed by atoms with Crippen molar-refractivity contribution in [3.05, 3.63) is 77.4 Å². The molecule has 0 aliphatic heterocycles. The van der Waals surface area contributed by atoms with Crippen LogP contribution >= 0.6 is 0 Å². The lowest BCUT2D eigenvalue weighted by Gasteiger charge is -1.97. The molecule has 0 amide bonds. The van der Waals surface area contributed by atoms with Gasteiger partial charge in [-0.05, 0) is 60.5 Å². The second kappa shape index (κ2) is 9.19. The Morgan fingerprint density at radius 1 is 0.826 bits per heavy atom. The number of methoxy groups -OCH3 is 1. The molecular weight excluding hydrogens is 280 g/mol. The molecular formula is C22H20O. The van der Waals surface area contributed by atoms with Crippen molar-refractivity contribution < 1.29 is 4.74 Å². The second-order valence-electron chi connectivity index (χ2n) is 5.05. The van der Waals surface area contributed by atoms with Gasteiger partial charge in [0.1, 0.15) is 5.75 Å². The molecule has 0 N–H and O–H groups in total. The molecule has 0 bridgehead atoms. The zero-order valence-corrected chi connectivity index (χ0v) is 13.6. The topological polar surface area (TPSA) is 9.23 Å². The van der Waals surface area contributed by atoms with Gasteiger partial charge in [-0.3, -0.25) is 0 Å². The van der Waals surface area contributed by atoms with Crippen LogP contribution in [0, 0.1) is 23.7 Å². The predicted molar refractivity (Wildman–Crippen MR) is 96.3 cm³/mol. The van der Waals surface area contributed by atoms with Gasteiger partial charge in [0.05, 0.1) is 7.11 Å². The minimum absolute atomic E-state index is 0.835. The first-order valence-corrected chi connectivity index (χ1v) is 7.73. The molecule has 2 aromatic carbocycles. The van der Waals surface area contributed by atoms with Crippen molar-refractivity contribution in [1.82, 2.24) is 0 Å². The third-order valence-corrected chi connectivity index (χ3v) is 3.27. The Kier molecular flexibility index (Phi) is 6.58. The highest BCUT2D eigenvalue weighted by atomic mass is 16.5. The SMILES string of the molecule is CCCc1ccc(C#C/C=C/C#Cc2ccc(OC)cc2)cc1. The Hall–Kier alpha value is -2.90. The molecule has 0 spiro atoms. The van der Waals surface area contributed by atoms with Crippen LogP contribution < -0.4 is 4.74 Å². The maximum Gasteiger partial charge on any atom is 0.118 e. The molecule has 0 atom stereocenters. The van der Waals surface area contributed by atoms with E-state index < -0.39 is 0 Å². The Morgan fingerprint density at radius 3 is 1.83 bits per heavy atom. The Morgan fingerprint density at radius 2 is 1.35 bits per heavy atom. The molecule has 23 heavy (non-hydrogen) atoms. The summed E-state index contributed by atoms with van der Waals surface area (Å²) >= 11 is 0. The van der Waals surface area contributed by atoms with Gasteiger partial charge < -0.3 is 4.74 Å². The van der Waals surface area contributed by atoms with Gasteiger partial charge in [0.2, 0.25) is 0 Å². The number of benzene rings is 2. The molecule has 1 nitrogen and oxygen atoms in total. The minimum Gasteiger partial charge on any atom is -0.497 e. The smallest absolute Gasteiger partial charge is 0.118 e. The summed E-state index contributed by atoms with van der Waals surface area (Å²) in [4.78, 5) is 0. The average Bonchev–Trinajstić information content (AvgIpc) is 2.60. The van der Waals surface area contributed by atoms with Crippen molar-refractivity contribution >= 4 is 0 Å². The lowest BCUT2D eigenvalue weighted by Crippen LogP contribution is -1.82. The van der Waals surface area contributed by atoms with Gasteiger partial charge in [-0.1, -0.05) is 49.2 Å². The molecule has 0 heterocycles. The molecule has 0 aliphatic rings. The number of hydrogen-bond donors (Lipinski definition) is 0. The summed E-state index contributed by atoms with van der Waals surface area (Å²) in [5, 5.41) is 0. The number of rotatable bonds is 3. The van der Waals surface area contributed by atoms with Gasteiger partial charge in [-0.2, -0.15) is 0 Å². The molecule has 2 rings (SSSR count). The second-order valence-corrected chi connectivity index (χ2v) is 5.05. The average molecular weight is 300 g/mol. The Labute approximate surface area is 139 Å². The summed E-state index contributed by atoms with van der Waals surface area (Å²) in [5.74, 6) is 13.0. The molecule has 0 fully saturated rings. The fraction of sp³-hybridized carbons (Fsp3) is 0.182. The van der Waals surface area contributed by atoms with E-state index in [1.807, 2.05) is 24.3 Å². The first-order valence-electron chi connectivity index (χ1n) is 7.73. The van der Waals surface area contributed by atoms with Crippen LogP contribution in [0.3, 0.4) is 0 Å². The van der Waals surface area contributed by atoms with Crippen LogP contribution in [0.5, 0.6) is 5.75 Å². The number of hydrogen-bond acceptors (Lipinski definition) is 1. The highest BCUT2D eigenvalue weighted by Crippen LogP contribution is 2.10. The van der Waals surface area contributed by atoms with Gasteiger partial charge in [0.15, 0.2) is 0 Å². The largest absolute Gasteiger partial charge is 0.497 e. The first-order chi connectivity index (χ1) is 11.3. The van der Waals surface area contributed by atoms with Gasteiger partial charge in [-0.15, -0.1) is 0 Å². The van der Waals surface area contributed by atoms with E-state index in [2.05, 4.69) is 54.9 Å². The summed E-state index contributed by atoms with van der Waals surface area (Å²) < 4.78 is 5.11. The molecule has 0 saturated heterocycles. The first kappa shape index (κ1) is 16.5. The van der Waals surface area contributed by atoms with Crippen molar-refractivity contribution in [3.63, 3.8) is 0 Å². The number of aryl methyl sites for hydroxylation is 1. The monoisotopic (exact) mass is 300 g/mol. The molecule has 2 aromatic rings. The third kappa shape index (κ3) is 5.77. The van der Waals surface area contributed by atoms with E-state index in [0.29, 0.717) is 0 Å². The zero-order chi connectivity index (χ0) is 16.3. The van der Waals surface area contributed by atoms with E-state index in [1.165, 1.54) is 12.0 Å². The van der Waals surface area contributed by atoms with E-state index in [-0.39, 0.29) is 0 Å². The normalized spacial score (nSPS) is 9.65. The molecule has 0 aliphatic carbocycles. The Balaban J connectivity index is 1.91. The van der Waals surface area contributed by atoms with Crippen molar-refractivity contribution in [1.29, 1.82) is 0 Å². The minimum atomic E-state index is 0.835. The quantitative estimate of drug-likeness (QED) is 0.752. The summed E-state index contributed by atoms with van der Waals surface area (Å²) in [6.45, 7) is 2.19. The lowest BCUT2D eigenvalue weighted by molar-refractivity contribution is 0.415. The molecule has 0 unspecified atom stereocenters. The van der Waals surface area contributed by atoms with Crippen LogP contribution in [0.4, 0.5) is 0 Å². The molecule has 0 saturated carbocycles. The fourth-order valence-corrected chi connectivity index (χ4v) is 2.05. The summed E-state index contributed by atoms with van der Waals surface area (Å²) in [6.07, 6.45) is 5.83. The maximum atomic E-state index is 5.11. The highest BCUT2D eigenvalue weighted by molar-refractivity contribution is 5.42. The molecule has 114 valence electrons. The van der Waals surface area contributed by atoms with E-state index in [9.17, 15) is 0 Å². The van der Waals surface area contributed by atoms with Crippen molar-refractivity contribution in [2.75, 3.05) is 7.11 Å². The highest BCUT2D eigenvalue weighted by Gasteiger charge is 1.90. The van der Waals surface area contributed by atoms with E-state index in [4.69, 9.17) is 4.74 Å². The maximum absolute atomic E-state index is 5.11. The van der Waals surface area contributed by atoms with Gasteiger partial charge in [-0.25, -0.2) is 0 Å². The molecule has 1 heteroatoms. The lowest BCUT2D eigenvalue weighted by atomic mass is 10.1. The van der Waals surface area contributed by atoms with Crippen LogP contribution in [0.1, 0.15) is 30.0 Å². The van der Waals surface area contributed by atoms with Crippen LogP contribution in [0.15, 0.2) is 60.7 Å². The number of allylic oxidation sites excluding steroid dienone is 2. The van der Waals surface area contributed by atoms with E-state index in [1.54, 1.807) is 19.3 Å². The molecule has 0 radical (unpaired) electrons. The standard InChI is InChI=1S/C22H20O/c1-3-8-19-11-13-20(14-12-19)9-6-4-5-7-10-21-15-17-22(23-2)18-16-21/h4-5,11-18H,3,8H2,1-2H3/b5-4+. The van der Waals surface area contributed by atoms with E-state index in [0.717, 1.165) is 23.3 Å². The van der Waals surface area contributed by atoms with Crippen LogP contribution in [0.25, 0.3) is 0 Å². The van der Waals surface area contributed by atoms with Gasteiger partial charge in [0, 0.05) is 11.1 Å².